The van der Waals surface area contributed by atoms with E-state index in [0.717, 1.165) is 5.56 Å². The molecule has 1 aromatic carbocycles. The van der Waals surface area contributed by atoms with Crippen molar-refractivity contribution in [3.05, 3.63) is 36.4 Å². The molecule has 0 aliphatic heterocycles. The zero-order valence-corrected chi connectivity index (χ0v) is 13.0. The molecule has 0 fully saturated rings. The number of esters is 1. The third-order valence-electron chi connectivity index (χ3n) is 2.71. The lowest BCUT2D eigenvalue weighted by Crippen LogP contribution is -2.30. The molecule has 6 nitrogen and oxygen atoms in total. The van der Waals surface area contributed by atoms with Gasteiger partial charge in [-0.3, -0.25) is 4.79 Å². The standard InChI is InChI=1S/C17H19NO5/c1-4-6-13-7-8-14(15(10-13)21-3)22-12-17(20)23-11-16(19)18-9-5-2/h2,4,7-8,10H,1,6,9,11-12H2,3H3,(H,18,19). The molecule has 0 heterocycles. The second-order valence-electron chi connectivity index (χ2n) is 4.41. The van der Waals surface area contributed by atoms with Crippen LogP contribution < -0.4 is 14.8 Å². The van der Waals surface area contributed by atoms with Crippen LogP contribution in [0, 0.1) is 12.3 Å². The molecule has 1 amide bonds. The number of carbonyl (C=O) groups is 2. The van der Waals surface area contributed by atoms with Crippen molar-refractivity contribution in [1.29, 1.82) is 0 Å². The van der Waals surface area contributed by atoms with Crippen molar-refractivity contribution in [2.75, 3.05) is 26.9 Å². The zero-order chi connectivity index (χ0) is 17.1. The van der Waals surface area contributed by atoms with Crippen LogP contribution in [0.5, 0.6) is 11.5 Å². The summed E-state index contributed by atoms with van der Waals surface area (Å²) >= 11 is 0. The average Bonchev–Trinajstić information content (AvgIpc) is 2.56. The molecule has 0 saturated carbocycles. The molecule has 0 saturated heterocycles. The summed E-state index contributed by atoms with van der Waals surface area (Å²) in [5, 5.41) is 2.38. The number of ether oxygens (including phenoxy) is 3. The van der Waals surface area contributed by atoms with E-state index in [1.807, 2.05) is 6.07 Å². The van der Waals surface area contributed by atoms with Crippen molar-refractivity contribution in [2.24, 2.45) is 0 Å². The lowest BCUT2D eigenvalue weighted by molar-refractivity contribution is -0.150. The Kier molecular flexibility index (Phi) is 7.79. The third kappa shape index (κ3) is 6.57. The highest BCUT2D eigenvalue weighted by Gasteiger charge is 2.11. The summed E-state index contributed by atoms with van der Waals surface area (Å²) in [4.78, 5) is 22.8. The van der Waals surface area contributed by atoms with Crippen molar-refractivity contribution in [3.8, 4) is 23.8 Å². The van der Waals surface area contributed by atoms with Gasteiger partial charge in [-0.1, -0.05) is 18.1 Å². The predicted octanol–water partition coefficient (Wildman–Crippen LogP) is 1.10. The molecule has 1 aromatic rings. The molecule has 0 unspecified atom stereocenters. The highest BCUT2D eigenvalue weighted by atomic mass is 16.6. The Hall–Kier alpha value is -2.94. The second kappa shape index (κ2) is 9.90. The summed E-state index contributed by atoms with van der Waals surface area (Å²) < 4.78 is 15.3. The minimum absolute atomic E-state index is 0.0845. The van der Waals surface area contributed by atoms with Crippen LogP contribution in [0.1, 0.15) is 5.56 Å². The van der Waals surface area contributed by atoms with Gasteiger partial charge in [0.1, 0.15) is 0 Å². The number of allylic oxidation sites excluding steroid dienone is 1. The van der Waals surface area contributed by atoms with Gasteiger partial charge in [0.05, 0.1) is 13.7 Å². The summed E-state index contributed by atoms with van der Waals surface area (Å²) in [7, 11) is 1.51. The quantitative estimate of drug-likeness (QED) is 0.419. The summed E-state index contributed by atoms with van der Waals surface area (Å²) in [5.41, 5.74) is 1.01. The smallest absolute Gasteiger partial charge is 0.344 e. The first-order valence-electron chi connectivity index (χ1n) is 6.87. The van der Waals surface area contributed by atoms with Crippen LogP contribution in [-0.4, -0.2) is 38.7 Å². The number of carbonyl (C=O) groups excluding carboxylic acids is 2. The maximum absolute atomic E-state index is 11.5. The molecule has 23 heavy (non-hydrogen) atoms. The van der Waals surface area contributed by atoms with E-state index in [1.54, 1.807) is 18.2 Å². The number of terminal acetylenes is 1. The Balaban J connectivity index is 2.48. The van der Waals surface area contributed by atoms with Gasteiger partial charge in [0.25, 0.3) is 5.91 Å². The van der Waals surface area contributed by atoms with E-state index in [1.165, 1.54) is 7.11 Å². The molecular weight excluding hydrogens is 298 g/mol. The van der Waals surface area contributed by atoms with Gasteiger partial charge < -0.3 is 19.5 Å². The first kappa shape index (κ1) is 18.1. The second-order valence-corrected chi connectivity index (χ2v) is 4.41. The summed E-state index contributed by atoms with van der Waals surface area (Å²) in [6.07, 6.45) is 7.47. The third-order valence-corrected chi connectivity index (χ3v) is 2.71. The number of methoxy groups -OCH3 is 1. The monoisotopic (exact) mass is 317 g/mol. The largest absolute Gasteiger partial charge is 0.493 e. The SMILES string of the molecule is C#CCNC(=O)COC(=O)COc1ccc(CC=C)cc1OC. The molecule has 0 aliphatic rings. The highest BCUT2D eigenvalue weighted by Crippen LogP contribution is 2.28. The fourth-order valence-corrected chi connectivity index (χ4v) is 1.65. The van der Waals surface area contributed by atoms with Crippen molar-refractivity contribution in [1.82, 2.24) is 5.32 Å². The van der Waals surface area contributed by atoms with Gasteiger partial charge >= 0.3 is 5.97 Å². The minimum Gasteiger partial charge on any atom is -0.493 e. The normalized spacial score (nSPS) is 9.39. The predicted molar refractivity (Wildman–Crippen MR) is 85.2 cm³/mol. The number of benzene rings is 1. The van der Waals surface area contributed by atoms with Gasteiger partial charge in [-0.15, -0.1) is 13.0 Å². The van der Waals surface area contributed by atoms with Crippen LogP contribution in [0.2, 0.25) is 0 Å². The molecule has 122 valence electrons. The molecule has 0 atom stereocenters. The zero-order valence-electron chi connectivity index (χ0n) is 13.0. The lowest BCUT2D eigenvalue weighted by Gasteiger charge is -2.11. The fraction of sp³-hybridized carbons (Fsp3) is 0.294. The first-order valence-corrected chi connectivity index (χ1v) is 6.87. The van der Waals surface area contributed by atoms with Gasteiger partial charge in [-0.25, -0.2) is 4.79 Å². The molecule has 0 radical (unpaired) electrons. The molecule has 1 rings (SSSR count). The van der Waals surface area contributed by atoms with E-state index >= 15 is 0 Å². The van der Waals surface area contributed by atoms with Gasteiger partial charge in [0, 0.05) is 0 Å². The van der Waals surface area contributed by atoms with Gasteiger partial charge in [-0.2, -0.15) is 0 Å². The lowest BCUT2D eigenvalue weighted by atomic mass is 10.1. The molecular formula is C17H19NO5. The van der Waals surface area contributed by atoms with Crippen LogP contribution >= 0.6 is 0 Å². The molecule has 1 N–H and O–H groups in total. The van der Waals surface area contributed by atoms with Gasteiger partial charge in [-0.05, 0) is 24.1 Å². The Bertz CT molecular complexity index is 603. The Morgan fingerprint density at radius 1 is 1.35 bits per heavy atom. The Morgan fingerprint density at radius 2 is 2.13 bits per heavy atom. The van der Waals surface area contributed by atoms with Crippen LogP contribution in [0.3, 0.4) is 0 Å². The van der Waals surface area contributed by atoms with E-state index in [0.29, 0.717) is 17.9 Å². The molecule has 0 spiro atoms. The van der Waals surface area contributed by atoms with E-state index in [-0.39, 0.29) is 13.2 Å². The molecule has 0 bridgehead atoms. The summed E-state index contributed by atoms with van der Waals surface area (Å²) in [6, 6.07) is 5.35. The van der Waals surface area contributed by atoms with Crippen molar-refractivity contribution in [3.63, 3.8) is 0 Å². The van der Waals surface area contributed by atoms with E-state index in [2.05, 4.69) is 17.8 Å². The molecule has 0 aliphatic carbocycles. The van der Waals surface area contributed by atoms with E-state index in [9.17, 15) is 9.59 Å². The maximum atomic E-state index is 11.5. The topological polar surface area (TPSA) is 73.9 Å². The van der Waals surface area contributed by atoms with Crippen LogP contribution in [0.25, 0.3) is 0 Å². The minimum atomic E-state index is -0.668. The highest BCUT2D eigenvalue weighted by molar-refractivity contribution is 5.81. The van der Waals surface area contributed by atoms with Crippen LogP contribution in [0.4, 0.5) is 0 Å². The maximum Gasteiger partial charge on any atom is 0.344 e. The van der Waals surface area contributed by atoms with Crippen LogP contribution in [0.15, 0.2) is 30.9 Å². The first-order chi connectivity index (χ1) is 11.1. The summed E-state index contributed by atoms with van der Waals surface area (Å²) in [5.74, 6) is 2.02. The van der Waals surface area contributed by atoms with Gasteiger partial charge in [0.2, 0.25) is 0 Å². The van der Waals surface area contributed by atoms with Crippen LogP contribution in [-0.2, 0) is 20.7 Å². The number of hydrogen-bond acceptors (Lipinski definition) is 5. The van der Waals surface area contributed by atoms with E-state index in [4.69, 9.17) is 20.6 Å². The summed E-state index contributed by atoms with van der Waals surface area (Å²) in [6.45, 7) is 3.02. The Morgan fingerprint density at radius 3 is 2.78 bits per heavy atom. The van der Waals surface area contributed by atoms with E-state index < -0.39 is 18.5 Å². The van der Waals surface area contributed by atoms with Crippen molar-refractivity contribution < 1.29 is 23.8 Å². The van der Waals surface area contributed by atoms with Crippen molar-refractivity contribution >= 4 is 11.9 Å². The van der Waals surface area contributed by atoms with Crippen molar-refractivity contribution in [2.45, 2.75) is 6.42 Å². The van der Waals surface area contributed by atoms with Gasteiger partial charge in [0.15, 0.2) is 24.7 Å². The Labute approximate surface area is 135 Å². The average molecular weight is 317 g/mol. The fourth-order valence-electron chi connectivity index (χ4n) is 1.65. The number of hydrogen-bond donors (Lipinski definition) is 1. The molecule has 0 aromatic heterocycles. The number of amides is 1. The number of nitrogens with one attached hydrogen (secondary N) is 1. The molecule has 6 heteroatoms. The number of rotatable bonds is 9.